The third kappa shape index (κ3) is 2.27. The summed E-state index contributed by atoms with van der Waals surface area (Å²) in [6.45, 7) is 8.23. The monoisotopic (exact) mass is 252 g/mol. The summed E-state index contributed by atoms with van der Waals surface area (Å²) < 4.78 is 0. The molecule has 1 atom stereocenters. The van der Waals surface area contributed by atoms with E-state index in [0.29, 0.717) is 5.92 Å². The van der Waals surface area contributed by atoms with E-state index >= 15 is 0 Å². The lowest BCUT2D eigenvalue weighted by molar-refractivity contribution is 0.720. The highest BCUT2D eigenvalue weighted by molar-refractivity contribution is 5.80. The Hall–Kier alpha value is -1.70. The second-order valence-corrected chi connectivity index (χ2v) is 5.76. The highest BCUT2D eigenvalue weighted by atomic mass is 15.1. The van der Waals surface area contributed by atoms with Gasteiger partial charge < -0.3 is 0 Å². The Morgan fingerprint density at radius 3 is 2.95 bits per heavy atom. The van der Waals surface area contributed by atoms with Gasteiger partial charge in [0.05, 0.1) is 11.4 Å². The van der Waals surface area contributed by atoms with E-state index in [1.165, 1.54) is 23.1 Å². The Kier molecular flexibility index (Phi) is 3.09. The lowest BCUT2D eigenvalue weighted by Gasteiger charge is -2.18. The fourth-order valence-corrected chi connectivity index (χ4v) is 2.93. The Morgan fingerprint density at radius 1 is 1.32 bits per heavy atom. The van der Waals surface area contributed by atoms with Crippen molar-refractivity contribution < 1.29 is 0 Å². The van der Waals surface area contributed by atoms with Crippen LogP contribution in [-0.4, -0.2) is 10.2 Å². The normalized spacial score (nSPS) is 21.7. The molecule has 19 heavy (non-hydrogen) atoms. The van der Waals surface area contributed by atoms with E-state index < -0.39 is 0 Å². The Morgan fingerprint density at radius 2 is 2.16 bits per heavy atom. The molecule has 0 fully saturated rings. The number of hydrogen-bond acceptors (Lipinski definition) is 2. The number of allylic oxidation sites excluding steroid dienone is 5. The van der Waals surface area contributed by atoms with Crippen molar-refractivity contribution in [3.63, 3.8) is 0 Å². The van der Waals surface area contributed by atoms with Gasteiger partial charge >= 0.3 is 0 Å². The molecule has 0 aliphatic heterocycles. The molecule has 2 heteroatoms. The molecule has 98 valence electrons. The van der Waals surface area contributed by atoms with E-state index in [9.17, 15) is 0 Å². The molecule has 0 saturated carbocycles. The lowest BCUT2D eigenvalue weighted by atomic mass is 9.88. The average Bonchev–Trinajstić information content (AvgIpc) is 2.56. The zero-order valence-corrected chi connectivity index (χ0v) is 11.7. The van der Waals surface area contributed by atoms with Crippen LogP contribution in [0.3, 0.4) is 0 Å². The quantitative estimate of drug-likeness (QED) is 0.748. The second kappa shape index (κ2) is 4.76. The van der Waals surface area contributed by atoms with E-state index in [1.807, 2.05) is 6.92 Å². The standard InChI is InChI=1S/C17H20N2/c1-11(2)16-10-14-6-4-5-13-9-12(3)7-8-15(13)17(14)19-18-16/h8-10,12H,1,4-7H2,2-3H3. The van der Waals surface area contributed by atoms with Gasteiger partial charge in [-0.2, -0.15) is 5.10 Å². The largest absolute Gasteiger partial charge is 0.150 e. The van der Waals surface area contributed by atoms with Gasteiger partial charge in [-0.05, 0) is 61.3 Å². The minimum atomic E-state index is 0.656. The fraction of sp³-hybridized carbons (Fsp3) is 0.412. The van der Waals surface area contributed by atoms with Crippen LogP contribution in [0.2, 0.25) is 0 Å². The van der Waals surface area contributed by atoms with Crippen LogP contribution in [0.1, 0.15) is 50.1 Å². The molecular weight excluding hydrogens is 232 g/mol. The first kappa shape index (κ1) is 12.3. The Bertz CT molecular complexity index is 593. The maximum absolute atomic E-state index is 4.49. The van der Waals surface area contributed by atoms with Crippen LogP contribution < -0.4 is 0 Å². The van der Waals surface area contributed by atoms with Crippen molar-refractivity contribution in [2.45, 2.75) is 39.5 Å². The van der Waals surface area contributed by atoms with Gasteiger partial charge in [-0.15, -0.1) is 5.10 Å². The van der Waals surface area contributed by atoms with Crippen molar-refractivity contribution >= 4 is 11.1 Å². The van der Waals surface area contributed by atoms with E-state index in [0.717, 1.165) is 36.2 Å². The molecule has 0 saturated heterocycles. The summed E-state index contributed by atoms with van der Waals surface area (Å²) in [5, 5.41) is 8.82. The molecule has 1 unspecified atom stereocenters. The van der Waals surface area contributed by atoms with Crippen LogP contribution in [0, 0.1) is 5.92 Å². The summed E-state index contributed by atoms with van der Waals surface area (Å²) in [5.74, 6) is 0.656. The van der Waals surface area contributed by atoms with E-state index in [4.69, 9.17) is 0 Å². The smallest absolute Gasteiger partial charge is 0.0961 e. The molecule has 1 heterocycles. The van der Waals surface area contributed by atoms with Gasteiger partial charge in [0.1, 0.15) is 0 Å². The lowest BCUT2D eigenvalue weighted by Crippen LogP contribution is -2.05. The van der Waals surface area contributed by atoms with Gasteiger partial charge in [-0.3, -0.25) is 0 Å². The van der Waals surface area contributed by atoms with Crippen molar-refractivity contribution in [2.24, 2.45) is 5.92 Å². The molecule has 2 nitrogen and oxygen atoms in total. The van der Waals surface area contributed by atoms with E-state index in [-0.39, 0.29) is 0 Å². The van der Waals surface area contributed by atoms with Crippen molar-refractivity contribution in [2.75, 3.05) is 0 Å². The molecule has 2 aliphatic rings. The number of hydrogen-bond donors (Lipinski definition) is 0. The van der Waals surface area contributed by atoms with Crippen molar-refractivity contribution in [3.05, 3.63) is 47.3 Å². The first-order chi connectivity index (χ1) is 9.15. The average molecular weight is 252 g/mol. The SMILES string of the molecule is C=C(C)c1cc2c(nn1)C1=CCC(C)C=C1CCC2. The zero-order valence-electron chi connectivity index (χ0n) is 11.7. The maximum Gasteiger partial charge on any atom is 0.0961 e. The molecule has 1 aromatic rings. The highest BCUT2D eigenvalue weighted by Gasteiger charge is 2.22. The number of rotatable bonds is 1. The zero-order chi connectivity index (χ0) is 13.4. The fourth-order valence-electron chi connectivity index (χ4n) is 2.93. The van der Waals surface area contributed by atoms with Gasteiger partial charge in [0.2, 0.25) is 0 Å². The van der Waals surface area contributed by atoms with Crippen molar-refractivity contribution in [3.8, 4) is 0 Å². The van der Waals surface area contributed by atoms with Gasteiger partial charge in [0, 0.05) is 5.57 Å². The van der Waals surface area contributed by atoms with Gasteiger partial charge in [-0.1, -0.05) is 25.7 Å². The number of aromatic nitrogens is 2. The molecule has 1 aromatic heterocycles. The molecule has 0 aromatic carbocycles. The molecule has 2 aliphatic carbocycles. The van der Waals surface area contributed by atoms with E-state index in [1.54, 1.807) is 0 Å². The first-order valence-electron chi connectivity index (χ1n) is 7.09. The van der Waals surface area contributed by atoms with Crippen LogP contribution in [0.4, 0.5) is 0 Å². The summed E-state index contributed by atoms with van der Waals surface area (Å²) in [6.07, 6.45) is 9.33. The molecule has 0 bridgehead atoms. The topological polar surface area (TPSA) is 25.8 Å². The third-order valence-electron chi connectivity index (χ3n) is 3.98. The van der Waals surface area contributed by atoms with Crippen LogP contribution in [0.5, 0.6) is 0 Å². The van der Waals surface area contributed by atoms with Crippen LogP contribution in [-0.2, 0) is 6.42 Å². The Labute approximate surface area is 115 Å². The van der Waals surface area contributed by atoms with Crippen LogP contribution in [0.15, 0.2) is 30.4 Å². The summed E-state index contributed by atoms with van der Waals surface area (Å²) in [7, 11) is 0. The maximum atomic E-state index is 4.49. The number of fused-ring (bicyclic) bond motifs is 3. The summed E-state index contributed by atoms with van der Waals surface area (Å²) in [6, 6.07) is 2.17. The third-order valence-corrected chi connectivity index (χ3v) is 3.98. The summed E-state index contributed by atoms with van der Waals surface area (Å²) in [4.78, 5) is 0. The molecule has 0 radical (unpaired) electrons. The number of aryl methyl sites for hydroxylation is 1. The molecule has 0 spiro atoms. The predicted molar refractivity (Wildman–Crippen MR) is 79.5 cm³/mol. The van der Waals surface area contributed by atoms with E-state index in [2.05, 4.69) is 41.9 Å². The minimum Gasteiger partial charge on any atom is -0.150 e. The molecular formula is C17H20N2. The second-order valence-electron chi connectivity index (χ2n) is 5.76. The summed E-state index contributed by atoms with van der Waals surface area (Å²) >= 11 is 0. The first-order valence-corrected chi connectivity index (χ1v) is 7.09. The summed E-state index contributed by atoms with van der Waals surface area (Å²) in [5.41, 5.74) is 7.14. The predicted octanol–water partition coefficient (Wildman–Crippen LogP) is 4.20. The minimum absolute atomic E-state index is 0.656. The highest BCUT2D eigenvalue weighted by Crippen LogP contribution is 2.37. The van der Waals surface area contributed by atoms with Crippen LogP contribution >= 0.6 is 0 Å². The van der Waals surface area contributed by atoms with Crippen LogP contribution in [0.25, 0.3) is 11.1 Å². The van der Waals surface area contributed by atoms with Gasteiger partial charge in [0.25, 0.3) is 0 Å². The van der Waals surface area contributed by atoms with Gasteiger partial charge in [0.15, 0.2) is 0 Å². The van der Waals surface area contributed by atoms with Crippen molar-refractivity contribution in [1.29, 1.82) is 0 Å². The van der Waals surface area contributed by atoms with Crippen molar-refractivity contribution in [1.82, 2.24) is 10.2 Å². The molecule has 0 amide bonds. The Balaban J connectivity index is 2.09. The molecule has 3 rings (SSSR count). The van der Waals surface area contributed by atoms with Gasteiger partial charge in [-0.25, -0.2) is 0 Å². The number of nitrogens with zero attached hydrogens (tertiary/aromatic N) is 2. The molecule has 0 N–H and O–H groups in total.